The normalized spacial score (nSPS) is 15.3. The Kier molecular flexibility index (Phi) is 6.61. The Hall–Kier alpha value is -2.08. The van der Waals surface area contributed by atoms with Gasteiger partial charge >= 0.3 is 5.97 Å². The zero-order chi connectivity index (χ0) is 17.5. The van der Waals surface area contributed by atoms with Gasteiger partial charge in [-0.1, -0.05) is 13.8 Å². The highest BCUT2D eigenvalue weighted by atomic mass is 16.5. The second kappa shape index (κ2) is 8.68. The maximum atomic E-state index is 12.5. The fourth-order valence-electron chi connectivity index (χ4n) is 2.67. The molecule has 24 heavy (non-hydrogen) atoms. The molecule has 1 amide bonds. The second-order valence-corrected chi connectivity index (χ2v) is 6.43. The van der Waals surface area contributed by atoms with Crippen LogP contribution in [0.5, 0.6) is 5.75 Å². The molecule has 0 saturated carbocycles. The van der Waals surface area contributed by atoms with Crippen molar-refractivity contribution < 1.29 is 24.2 Å². The van der Waals surface area contributed by atoms with Crippen LogP contribution in [0.25, 0.3) is 0 Å². The number of ether oxygens (including phenoxy) is 2. The molecule has 0 aromatic heterocycles. The summed E-state index contributed by atoms with van der Waals surface area (Å²) in [6, 6.07) is 6.90. The predicted molar refractivity (Wildman–Crippen MR) is 89.3 cm³/mol. The topological polar surface area (TPSA) is 76.1 Å². The van der Waals surface area contributed by atoms with E-state index in [0.717, 1.165) is 12.8 Å². The van der Waals surface area contributed by atoms with E-state index >= 15 is 0 Å². The van der Waals surface area contributed by atoms with Crippen molar-refractivity contribution in [2.75, 3.05) is 26.3 Å². The minimum Gasteiger partial charge on any atom is -0.490 e. The lowest BCUT2D eigenvalue weighted by Gasteiger charge is -2.24. The number of benzene rings is 1. The Morgan fingerprint density at radius 2 is 1.88 bits per heavy atom. The molecule has 6 heteroatoms. The van der Waals surface area contributed by atoms with Crippen molar-refractivity contribution in [3.63, 3.8) is 0 Å². The number of nitrogens with zero attached hydrogens (tertiary/aromatic N) is 1. The minimum absolute atomic E-state index is 0.143. The van der Waals surface area contributed by atoms with Crippen LogP contribution in [0.2, 0.25) is 0 Å². The third-order valence-corrected chi connectivity index (χ3v) is 3.77. The van der Waals surface area contributed by atoms with Gasteiger partial charge in [0.25, 0.3) is 5.91 Å². The quantitative estimate of drug-likeness (QED) is 0.828. The van der Waals surface area contributed by atoms with Crippen LogP contribution in [-0.4, -0.2) is 54.3 Å². The van der Waals surface area contributed by atoms with E-state index in [1.165, 1.54) is 4.90 Å². The SMILES string of the molecule is CC(C)CN(CC(=O)O)C(=O)c1ccc(OC2CCOCC2)cc1. The van der Waals surface area contributed by atoms with Crippen molar-refractivity contribution in [1.29, 1.82) is 0 Å². The summed E-state index contributed by atoms with van der Waals surface area (Å²) in [7, 11) is 0. The molecule has 132 valence electrons. The van der Waals surface area contributed by atoms with E-state index in [-0.39, 0.29) is 24.5 Å². The lowest BCUT2D eigenvalue weighted by molar-refractivity contribution is -0.137. The van der Waals surface area contributed by atoms with Crippen LogP contribution in [0.3, 0.4) is 0 Å². The van der Waals surface area contributed by atoms with Crippen molar-refractivity contribution in [3.8, 4) is 5.75 Å². The highest BCUT2D eigenvalue weighted by Crippen LogP contribution is 2.19. The monoisotopic (exact) mass is 335 g/mol. The fourth-order valence-corrected chi connectivity index (χ4v) is 2.67. The minimum atomic E-state index is -1.01. The summed E-state index contributed by atoms with van der Waals surface area (Å²) in [4.78, 5) is 24.9. The van der Waals surface area contributed by atoms with Crippen molar-refractivity contribution in [2.24, 2.45) is 5.92 Å². The number of amides is 1. The number of hydrogen-bond acceptors (Lipinski definition) is 4. The van der Waals surface area contributed by atoms with Gasteiger partial charge in [0, 0.05) is 24.9 Å². The van der Waals surface area contributed by atoms with Crippen molar-refractivity contribution in [1.82, 2.24) is 4.90 Å². The summed E-state index contributed by atoms with van der Waals surface area (Å²) in [6.45, 7) is 5.43. The average Bonchev–Trinajstić information content (AvgIpc) is 2.54. The van der Waals surface area contributed by atoms with E-state index in [0.29, 0.717) is 31.1 Å². The Morgan fingerprint density at radius 1 is 1.25 bits per heavy atom. The van der Waals surface area contributed by atoms with Gasteiger partial charge < -0.3 is 19.5 Å². The Morgan fingerprint density at radius 3 is 2.42 bits per heavy atom. The highest BCUT2D eigenvalue weighted by molar-refractivity contribution is 5.95. The van der Waals surface area contributed by atoms with E-state index < -0.39 is 5.97 Å². The first-order valence-corrected chi connectivity index (χ1v) is 8.31. The summed E-state index contributed by atoms with van der Waals surface area (Å²) in [5.74, 6) is -0.372. The number of carboxylic acids is 1. The number of rotatable bonds is 7. The fraction of sp³-hybridized carbons (Fsp3) is 0.556. The molecule has 0 unspecified atom stereocenters. The summed E-state index contributed by atoms with van der Waals surface area (Å²) in [5.41, 5.74) is 0.469. The molecule has 1 aliphatic heterocycles. The zero-order valence-corrected chi connectivity index (χ0v) is 14.2. The first-order chi connectivity index (χ1) is 11.5. The molecule has 1 aromatic carbocycles. The lowest BCUT2D eigenvalue weighted by Crippen LogP contribution is -2.38. The third-order valence-electron chi connectivity index (χ3n) is 3.77. The van der Waals surface area contributed by atoms with Gasteiger partial charge in [-0.3, -0.25) is 9.59 Å². The van der Waals surface area contributed by atoms with Crippen LogP contribution >= 0.6 is 0 Å². The van der Waals surface area contributed by atoms with Crippen molar-refractivity contribution in [2.45, 2.75) is 32.8 Å². The van der Waals surface area contributed by atoms with Crippen LogP contribution in [0.4, 0.5) is 0 Å². The zero-order valence-electron chi connectivity index (χ0n) is 14.2. The molecule has 0 bridgehead atoms. The van der Waals surface area contributed by atoms with Gasteiger partial charge in [0.1, 0.15) is 18.4 Å². The number of hydrogen-bond donors (Lipinski definition) is 1. The van der Waals surface area contributed by atoms with Gasteiger partial charge in [-0.2, -0.15) is 0 Å². The van der Waals surface area contributed by atoms with Crippen LogP contribution < -0.4 is 4.74 Å². The lowest BCUT2D eigenvalue weighted by atomic mass is 10.1. The predicted octanol–water partition coefficient (Wildman–Crippen LogP) is 2.43. The van der Waals surface area contributed by atoms with Gasteiger partial charge in [0.15, 0.2) is 0 Å². The number of carboxylic acid groups (broad SMARTS) is 1. The van der Waals surface area contributed by atoms with Gasteiger partial charge in [-0.15, -0.1) is 0 Å². The number of aliphatic carboxylic acids is 1. The molecule has 0 radical (unpaired) electrons. The molecule has 0 spiro atoms. The van der Waals surface area contributed by atoms with Crippen LogP contribution in [0.1, 0.15) is 37.0 Å². The highest BCUT2D eigenvalue weighted by Gasteiger charge is 2.20. The van der Waals surface area contributed by atoms with Gasteiger partial charge in [-0.05, 0) is 30.2 Å². The molecule has 1 fully saturated rings. The summed E-state index contributed by atoms with van der Waals surface area (Å²) in [6.07, 6.45) is 1.87. The van der Waals surface area contributed by atoms with E-state index in [1.54, 1.807) is 24.3 Å². The molecule has 6 nitrogen and oxygen atoms in total. The maximum absolute atomic E-state index is 12.5. The standard InChI is InChI=1S/C18H25NO5/c1-13(2)11-19(12-17(20)21)18(22)14-3-5-15(6-4-14)24-16-7-9-23-10-8-16/h3-6,13,16H,7-12H2,1-2H3,(H,20,21). The molecule has 1 saturated heterocycles. The molecule has 0 aliphatic carbocycles. The Balaban J connectivity index is 2.01. The molecule has 0 atom stereocenters. The second-order valence-electron chi connectivity index (χ2n) is 6.43. The van der Waals surface area contributed by atoms with Crippen LogP contribution in [0, 0.1) is 5.92 Å². The summed E-state index contributed by atoms with van der Waals surface area (Å²) >= 11 is 0. The average molecular weight is 335 g/mol. The van der Waals surface area contributed by atoms with Crippen LogP contribution in [0.15, 0.2) is 24.3 Å². The van der Waals surface area contributed by atoms with E-state index in [1.807, 2.05) is 13.8 Å². The van der Waals surface area contributed by atoms with Crippen LogP contribution in [-0.2, 0) is 9.53 Å². The third kappa shape index (κ3) is 5.53. The van der Waals surface area contributed by atoms with Gasteiger partial charge in [-0.25, -0.2) is 0 Å². The first-order valence-electron chi connectivity index (χ1n) is 8.31. The van der Waals surface area contributed by atoms with Gasteiger partial charge in [0.2, 0.25) is 0 Å². The molecule has 1 aromatic rings. The van der Waals surface area contributed by atoms with E-state index in [2.05, 4.69) is 0 Å². The smallest absolute Gasteiger partial charge is 0.323 e. The van der Waals surface area contributed by atoms with E-state index in [9.17, 15) is 9.59 Å². The number of carbonyl (C=O) groups is 2. The molecule has 2 rings (SSSR count). The largest absolute Gasteiger partial charge is 0.490 e. The Bertz CT molecular complexity index is 549. The molecular weight excluding hydrogens is 310 g/mol. The molecule has 1 heterocycles. The first kappa shape index (κ1) is 18.3. The van der Waals surface area contributed by atoms with Gasteiger partial charge in [0.05, 0.1) is 13.2 Å². The van der Waals surface area contributed by atoms with Crippen molar-refractivity contribution >= 4 is 11.9 Å². The Labute approximate surface area is 142 Å². The molecular formula is C18H25NO5. The number of carbonyl (C=O) groups excluding carboxylic acids is 1. The van der Waals surface area contributed by atoms with E-state index in [4.69, 9.17) is 14.6 Å². The summed E-state index contributed by atoms with van der Waals surface area (Å²) in [5, 5.41) is 8.99. The molecule has 1 N–H and O–H groups in total. The molecule has 1 aliphatic rings. The van der Waals surface area contributed by atoms with Crippen molar-refractivity contribution in [3.05, 3.63) is 29.8 Å². The maximum Gasteiger partial charge on any atom is 0.323 e. The summed E-state index contributed by atoms with van der Waals surface area (Å²) < 4.78 is 11.2.